The highest BCUT2D eigenvalue weighted by molar-refractivity contribution is 5.85. The average molecular weight is 218 g/mol. The predicted octanol–water partition coefficient (Wildman–Crippen LogP) is 0.810. The lowest BCUT2D eigenvalue weighted by atomic mass is 10.3. The highest BCUT2D eigenvalue weighted by Gasteiger charge is 2.11. The molecule has 14 heavy (non-hydrogen) atoms. The third-order valence-corrected chi connectivity index (χ3v) is 2.27. The molecule has 0 aliphatic carbocycles. The van der Waals surface area contributed by atoms with E-state index in [1.54, 1.807) is 0 Å². The Kier molecular flexibility index (Phi) is 4.38. The molecule has 0 unspecified atom stereocenters. The Hall–Kier alpha value is -0.580. The van der Waals surface area contributed by atoms with E-state index >= 15 is 0 Å². The van der Waals surface area contributed by atoms with Gasteiger partial charge in [0, 0.05) is 38.8 Å². The van der Waals surface area contributed by atoms with Gasteiger partial charge in [-0.2, -0.15) is 0 Å². The van der Waals surface area contributed by atoms with Crippen LogP contribution in [0.1, 0.15) is 11.5 Å². The van der Waals surface area contributed by atoms with E-state index in [1.807, 2.05) is 13.0 Å². The fourth-order valence-electron chi connectivity index (χ4n) is 1.59. The maximum Gasteiger partial charge on any atom is 0.133 e. The van der Waals surface area contributed by atoms with Crippen LogP contribution in [0.4, 0.5) is 0 Å². The molecule has 4 nitrogen and oxygen atoms in total. The van der Waals surface area contributed by atoms with Gasteiger partial charge in [0.05, 0.1) is 5.69 Å². The normalized spacial score (nSPS) is 17.8. The van der Waals surface area contributed by atoms with Crippen LogP contribution in [-0.2, 0) is 6.54 Å². The minimum absolute atomic E-state index is 0. The maximum atomic E-state index is 5.01. The molecule has 2 heterocycles. The molecule has 1 aromatic rings. The van der Waals surface area contributed by atoms with Crippen LogP contribution in [0.2, 0.25) is 0 Å². The summed E-state index contributed by atoms with van der Waals surface area (Å²) >= 11 is 0. The monoisotopic (exact) mass is 217 g/mol. The minimum Gasteiger partial charge on any atom is -0.361 e. The molecule has 1 N–H and O–H groups in total. The number of aromatic nitrogens is 1. The predicted molar refractivity (Wildman–Crippen MR) is 56.6 cm³/mol. The third kappa shape index (κ3) is 2.97. The molecular formula is C9H16ClN3O. The first kappa shape index (κ1) is 11.5. The summed E-state index contributed by atoms with van der Waals surface area (Å²) in [5.74, 6) is 0.894. The number of halogens is 1. The number of nitrogens with one attached hydrogen (secondary N) is 1. The zero-order valence-electron chi connectivity index (χ0n) is 8.32. The molecule has 0 spiro atoms. The molecule has 1 aliphatic heterocycles. The lowest BCUT2D eigenvalue weighted by Gasteiger charge is -2.25. The number of aryl methyl sites for hydroxylation is 1. The quantitative estimate of drug-likeness (QED) is 0.796. The van der Waals surface area contributed by atoms with Gasteiger partial charge >= 0.3 is 0 Å². The number of hydrogen-bond donors (Lipinski definition) is 1. The van der Waals surface area contributed by atoms with Crippen molar-refractivity contribution in [3.05, 3.63) is 17.5 Å². The van der Waals surface area contributed by atoms with Crippen LogP contribution < -0.4 is 5.32 Å². The van der Waals surface area contributed by atoms with Gasteiger partial charge in [-0.25, -0.2) is 0 Å². The van der Waals surface area contributed by atoms with Crippen LogP contribution >= 0.6 is 12.4 Å². The zero-order chi connectivity index (χ0) is 9.10. The fraction of sp³-hybridized carbons (Fsp3) is 0.667. The molecule has 0 bridgehead atoms. The van der Waals surface area contributed by atoms with Crippen molar-refractivity contribution in [3.63, 3.8) is 0 Å². The summed E-state index contributed by atoms with van der Waals surface area (Å²) in [5.41, 5.74) is 1.04. The van der Waals surface area contributed by atoms with Crippen LogP contribution in [-0.4, -0.2) is 36.2 Å². The van der Waals surface area contributed by atoms with Gasteiger partial charge in [-0.1, -0.05) is 5.16 Å². The van der Waals surface area contributed by atoms with Gasteiger partial charge in [-0.15, -0.1) is 12.4 Å². The van der Waals surface area contributed by atoms with E-state index in [9.17, 15) is 0 Å². The Bertz CT molecular complexity index is 271. The second kappa shape index (κ2) is 5.34. The van der Waals surface area contributed by atoms with Gasteiger partial charge in [-0.3, -0.25) is 4.90 Å². The van der Waals surface area contributed by atoms with Crippen LogP contribution in [0.3, 0.4) is 0 Å². The number of nitrogens with zero attached hydrogens (tertiary/aromatic N) is 2. The highest BCUT2D eigenvalue weighted by atomic mass is 35.5. The second-order valence-electron chi connectivity index (χ2n) is 3.46. The van der Waals surface area contributed by atoms with E-state index in [0.717, 1.165) is 44.2 Å². The maximum absolute atomic E-state index is 5.01. The Balaban J connectivity index is 0.000000980. The van der Waals surface area contributed by atoms with Gasteiger partial charge < -0.3 is 9.84 Å². The molecule has 2 rings (SSSR count). The standard InChI is InChI=1S/C9H15N3O.ClH/c1-8-6-9(11-13-8)7-12-4-2-10-3-5-12;/h6,10H,2-5,7H2,1H3;1H. The van der Waals surface area contributed by atoms with Crippen molar-refractivity contribution in [2.75, 3.05) is 26.2 Å². The Morgan fingerprint density at radius 3 is 2.79 bits per heavy atom. The zero-order valence-corrected chi connectivity index (χ0v) is 9.14. The number of piperazine rings is 1. The topological polar surface area (TPSA) is 41.3 Å². The van der Waals surface area contributed by atoms with Crippen molar-refractivity contribution in [1.82, 2.24) is 15.4 Å². The first-order valence-electron chi connectivity index (χ1n) is 4.70. The summed E-state index contributed by atoms with van der Waals surface area (Å²) in [7, 11) is 0. The van der Waals surface area contributed by atoms with Gasteiger partial charge in [-0.05, 0) is 6.92 Å². The number of hydrogen-bond acceptors (Lipinski definition) is 4. The molecular weight excluding hydrogens is 202 g/mol. The van der Waals surface area contributed by atoms with Crippen molar-refractivity contribution < 1.29 is 4.52 Å². The van der Waals surface area contributed by atoms with Crippen molar-refractivity contribution >= 4 is 12.4 Å². The third-order valence-electron chi connectivity index (χ3n) is 2.27. The van der Waals surface area contributed by atoms with E-state index < -0.39 is 0 Å². The Morgan fingerprint density at radius 1 is 1.50 bits per heavy atom. The van der Waals surface area contributed by atoms with Gasteiger partial charge in [0.1, 0.15) is 5.76 Å². The molecule has 1 saturated heterocycles. The van der Waals surface area contributed by atoms with Crippen LogP contribution in [0.15, 0.2) is 10.6 Å². The van der Waals surface area contributed by atoms with Crippen molar-refractivity contribution in [2.24, 2.45) is 0 Å². The van der Waals surface area contributed by atoms with Gasteiger partial charge in [0.15, 0.2) is 0 Å². The summed E-state index contributed by atoms with van der Waals surface area (Å²) in [6.45, 7) is 7.21. The second-order valence-corrected chi connectivity index (χ2v) is 3.46. The van der Waals surface area contributed by atoms with E-state index in [-0.39, 0.29) is 12.4 Å². The SMILES string of the molecule is Cc1cc(CN2CCNCC2)no1.Cl. The molecule has 0 radical (unpaired) electrons. The minimum atomic E-state index is 0. The summed E-state index contributed by atoms with van der Waals surface area (Å²) in [5, 5.41) is 7.29. The summed E-state index contributed by atoms with van der Waals surface area (Å²) in [6.07, 6.45) is 0. The molecule has 0 aromatic carbocycles. The molecule has 1 fully saturated rings. The van der Waals surface area contributed by atoms with Crippen LogP contribution in [0.25, 0.3) is 0 Å². The fourth-order valence-corrected chi connectivity index (χ4v) is 1.59. The van der Waals surface area contributed by atoms with E-state index in [0.29, 0.717) is 0 Å². The Morgan fingerprint density at radius 2 is 2.21 bits per heavy atom. The first-order chi connectivity index (χ1) is 6.34. The molecule has 1 aliphatic rings. The summed E-state index contributed by atoms with van der Waals surface area (Å²) in [4.78, 5) is 2.38. The van der Waals surface area contributed by atoms with Crippen LogP contribution in [0, 0.1) is 6.92 Å². The smallest absolute Gasteiger partial charge is 0.133 e. The van der Waals surface area contributed by atoms with E-state index in [4.69, 9.17) is 4.52 Å². The molecule has 5 heteroatoms. The highest BCUT2D eigenvalue weighted by Crippen LogP contribution is 2.05. The van der Waals surface area contributed by atoms with Crippen molar-refractivity contribution in [1.29, 1.82) is 0 Å². The molecule has 0 saturated carbocycles. The summed E-state index contributed by atoms with van der Waals surface area (Å²) < 4.78 is 5.01. The van der Waals surface area contributed by atoms with E-state index in [1.165, 1.54) is 0 Å². The van der Waals surface area contributed by atoms with Gasteiger partial charge in [0.25, 0.3) is 0 Å². The summed E-state index contributed by atoms with van der Waals surface area (Å²) in [6, 6.07) is 2.00. The molecule has 80 valence electrons. The lowest BCUT2D eigenvalue weighted by Crippen LogP contribution is -2.42. The lowest BCUT2D eigenvalue weighted by molar-refractivity contribution is 0.226. The van der Waals surface area contributed by atoms with E-state index in [2.05, 4.69) is 15.4 Å². The van der Waals surface area contributed by atoms with Crippen molar-refractivity contribution in [3.8, 4) is 0 Å². The van der Waals surface area contributed by atoms with Crippen molar-refractivity contribution in [2.45, 2.75) is 13.5 Å². The molecule has 0 amide bonds. The molecule has 0 atom stereocenters. The molecule has 1 aromatic heterocycles. The van der Waals surface area contributed by atoms with Gasteiger partial charge in [0.2, 0.25) is 0 Å². The Labute approximate surface area is 90.0 Å². The average Bonchev–Trinajstić information content (AvgIpc) is 2.53. The first-order valence-corrected chi connectivity index (χ1v) is 4.70. The largest absolute Gasteiger partial charge is 0.361 e. The van der Waals surface area contributed by atoms with Crippen LogP contribution in [0.5, 0.6) is 0 Å². The number of rotatable bonds is 2.